The van der Waals surface area contributed by atoms with Gasteiger partial charge in [-0.05, 0) is 49.1 Å². The van der Waals surface area contributed by atoms with Crippen LogP contribution in [-0.4, -0.2) is 43.9 Å². The summed E-state index contributed by atoms with van der Waals surface area (Å²) >= 11 is 0. The van der Waals surface area contributed by atoms with Gasteiger partial charge in [0.15, 0.2) is 23.0 Å². The number of nitrogens with one attached hydrogen (secondary N) is 1. The number of nitrogens with zero attached hydrogens (tertiary/aromatic N) is 2. The summed E-state index contributed by atoms with van der Waals surface area (Å²) < 4.78 is 22.8. The molecule has 3 aromatic rings. The molecule has 1 atom stereocenters. The van der Waals surface area contributed by atoms with Crippen molar-refractivity contribution in [1.29, 1.82) is 0 Å². The Bertz CT molecular complexity index is 1280. The van der Waals surface area contributed by atoms with Crippen LogP contribution in [0.5, 0.6) is 23.0 Å². The smallest absolute Gasteiger partial charge is 0.262 e. The molecule has 1 aliphatic carbocycles. The normalized spacial score (nSPS) is 14.6. The number of carbonyl (C=O) groups is 1. The molecule has 1 aliphatic rings. The van der Waals surface area contributed by atoms with E-state index in [-0.39, 0.29) is 24.1 Å². The van der Waals surface area contributed by atoms with Gasteiger partial charge in [0.25, 0.3) is 5.56 Å². The Morgan fingerprint density at radius 1 is 1.00 bits per heavy atom. The van der Waals surface area contributed by atoms with Crippen LogP contribution in [-0.2, 0) is 17.8 Å². The van der Waals surface area contributed by atoms with Gasteiger partial charge in [-0.3, -0.25) is 14.2 Å². The first-order chi connectivity index (χ1) is 15.9. The number of aryl methyl sites for hydroxylation is 2. The first-order valence-corrected chi connectivity index (χ1v) is 10.6. The molecule has 0 aliphatic heterocycles. The van der Waals surface area contributed by atoms with Crippen molar-refractivity contribution in [3.8, 4) is 23.0 Å². The third kappa shape index (κ3) is 4.06. The van der Waals surface area contributed by atoms with Crippen molar-refractivity contribution in [3.63, 3.8) is 0 Å². The number of hydrogen-bond donors (Lipinski definition) is 1. The van der Waals surface area contributed by atoms with Crippen molar-refractivity contribution in [2.45, 2.75) is 32.4 Å². The number of hydrogen-bond acceptors (Lipinski definition) is 7. The molecule has 0 radical (unpaired) electrons. The number of fused-ring (bicyclic) bond motifs is 2. The van der Waals surface area contributed by atoms with Crippen molar-refractivity contribution >= 4 is 16.8 Å². The Labute approximate surface area is 191 Å². The minimum absolute atomic E-state index is 0.138. The van der Waals surface area contributed by atoms with Gasteiger partial charge in [0.05, 0.1) is 45.4 Å². The van der Waals surface area contributed by atoms with Gasteiger partial charge in [-0.1, -0.05) is 0 Å². The number of amides is 1. The fourth-order valence-corrected chi connectivity index (χ4v) is 4.31. The second kappa shape index (κ2) is 9.01. The van der Waals surface area contributed by atoms with E-state index in [2.05, 4.69) is 10.3 Å². The summed E-state index contributed by atoms with van der Waals surface area (Å²) in [5.74, 6) is 2.37. The van der Waals surface area contributed by atoms with E-state index in [1.54, 1.807) is 33.3 Å². The van der Waals surface area contributed by atoms with Crippen molar-refractivity contribution in [2.75, 3.05) is 28.4 Å². The first-order valence-electron chi connectivity index (χ1n) is 10.6. The SMILES string of the molecule is COc1cc2c(cc1OC)[C@H](NC(=O)Cn1c(C)nc3cc(OC)c(OC)cc3c1=O)CC2. The molecule has 1 heterocycles. The highest BCUT2D eigenvalue weighted by molar-refractivity contribution is 5.83. The van der Waals surface area contributed by atoms with Gasteiger partial charge in [0.2, 0.25) is 5.91 Å². The predicted octanol–water partition coefficient (Wildman–Crippen LogP) is 2.54. The molecule has 9 heteroatoms. The van der Waals surface area contributed by atoms with E-state index in [1.165, 1.54) is 18.8 Å². The zero-order valence-corrected chi connectivity index (χ0v) is 19.4. The molecule has 4 rings (SSSR count). The molecule has 0 spiro atoms. The Balaban J connectivity index is 1.60. The summed E-state index contributed by atoms with van der Waals surface area (Å²) in [4.78, 5) is 30.6. The van der Waals surface area contributed by atoms with Crippen LogP contribution in [0.1, 0.15) is 29.4 Å². The molecular formula is C24H27N3O6. The summed E-state index contributed by atoms with van der Waals surface area (Å²) in [6, 6.07) is 6.93. The summed E-state index contributed by atoms with van der Waals surface area (Å²) in [5, 5.41) is 3.40. The van der Waals surface area contributed by atoms with Gasteiger partial charge in [-0.25, -0.2) is 4.98 Å². The number of benzene rings is 2. The standard InChI is InChI=1S/C24H27N3O6/c1-13-25-18-11-22(33-5)21(32-4)10-16(18)24(29)27(13)12-23(28)26-17-7-6-14-8-19(30-2)20(31-3)9-15(14)17/h8-11,17H,6-7,12H2,1-5H3,(H,26,28)/t17-/m1/s1. The number of carbonyl (C=O) groups excluding carboxylic acids is 1. The van der Waals surface area contributed by atoms with E-state index >= 15 is 0 Å². The van der Waals surface area contributed by atoms with Crippen molar-refractivity contribution < 1.29 is 23.7 Å². The molecule has 0 fully saturated rings. The van der Waals surface area contributed by atoms with Crippen LogP contribution in [0.2, 0.25) is 0 Å². The molecule has 0 saturated carbocycles. The van der Waals surface area contributed by atoms with E-state index in [4.69, 9.17) is 18.9 Å². The monoisotopic (exact) mass is 453 g/mol. The average Bonchev–Trinajstić information content (AvgIpc) is 3.21. The molecule has 0 saturated heterocycles. The minimum atomic E-state index is -0.313. The number of aromatic nitrogens is 2. The highest BCUT2D eigenvalue weighted by atomic mass is 16.5. The van der Waals surface area contributed by atoms with E-state index in [0.29, 0.717) is 39.7 Å². The van der Waals surface area contributed by atoms with Crippen molar-refractivity contribution in [3.05, 3.63) is 51.6 Å². The lowest BCUT2D eigenvalue weighted by Gasteiger charge is -2.17. The quantitative estimate of drug-likeness (QED) is 0.587. The third-order valence-electron chi connectivity index (χ3n) is 6.01. The van der Waals surface area contributed by atoms with Crippen LogP contribution in [0.15, 0.2) is 29.1 Å². The molecule has 0 unspecified atom stereocenters. The largest absolute Gasteiger partial charge is 0.493 e. The maximum Gasteiger partial charge on any atom is 0.262 e. The fourth-order valence-electron chi connectivity index (χ4n) is 4.31. The highest BCUT2D eigenvalue weighted by Crippen LogP contribution is 2.39. The van der Waals surface area contributed by atoms with E-state index in [9.17, 15) is 9.59 Å². The van der Waals surface area contributed by atoms with Gasteiger partial charge < -0.3 is 24.3 Å². The summed E-state index contributed by atoms with van der Waals surface area (Å²) in [7, 11) is 6.21. The molecule has 1 amide bonds. The Morgan fingerprint density at radius 2 is 1.61 bits per heavy atom. The van der Waals surface area contributed by atoms with Crippen LogP contribution in [0.3, 0.4) is 0 Å². The number of ether oxygens (including phenoxy) is 4. The fraction of sp³-hybridized carbons (Fsp3) is 0.375. The van der Waals surface area contributed by atoms with Crippen molar-refractivity contribution in [1.82, 2.24) is 14.9 Å². The van der Waals surface area contributed by atoms with Crippen LogP contribution in [0, 0.1) is 6.92 Å². The highest BCUT2D eigenvalue weighted by Gasteiger charge is 2.27. The molecular weight excluding hydrogens is 426 g/mol. The van der Waals surface area contributed by atoms with Gasteiger partial charge in [0.1, 0.15) is 12.4 Å². The van der Waals surface area contributed by atoms with Crippen LogP contribution in [0.25, 0.3) is 10.9 Å². The van der Waals surface area contributed by atoms with Crippen molar-refractivity contribution in [2.24, 2.45) is 0 Å². The molecule has 9 nitrogen and oxygen atoms in total. The summed E-state index contributed by atoms with van der Waals surface area (Å²) in [5.41, 5.74) is 2.28. The lowest BCUT2D eigenvalue weighted by atomic mass is 10.1. The van der Waals surface area contributed by atoms with Gasteiger partial charge in [0, 0.05) is 6.07 Å². The Hall–Kier alpha value is -3.75. The topological polar surface area (TPSA) is 101 Å². The zero-order valence-electron chi connectivity index (χ0n) is 19.4. The maximum absolute atomic E-state index is 13.2. The maximum atomic E-state index is 13.2. The lowest BCUT2D eigenvalue weighted by Crippen LogP contribution is -2.35. The summed E-state index contributed by atoms with van der Waals surface area (Å²) in [6.45, 7) is 1.56. The molecule has 33 heavy (non-hydrogen) atoms. The molecule has 1 N–H and O–H groups in total. The van der Waals surface area contributed by atoms with Gasteiger partial charge >= 0.3 is 0 Å². The van der Waals surface area contributed by atoms with E-state index in [0.717, 1.165) is 24.0 Å². The number of methoxy groups -OCH3 is 4. The van der Waals surface area contributed by atoms with E-state index in [1.807, 2.05) is 12.1 Å². The van der Waals surface area contributed by atoms with Gasteiger partial charge in [-0.15, -0.1) is 0 Å². The molecule has 0 bridgehead atoms. The first kappa shape index (κ1) is 22.4. The molecule has 2 aromatic carbocycles. The minimum Gasteiger partial charge on any atom is -0.493 e. The second-order valence-corrected chi connectivity index (χ2v) is 7.84. The summed E-state index contributed by atoms with van der Waals surface area (Å²) in [6.07, 6.45) is 1.58. The van der Waals surface area contributed by atoms with Gasteiger partial charge in [-0.2, -0.15) is 0 Å². The lowest BCUT2D eigenvalue weighted by molar-refractivity contribution is -0.122. The Kier molecular flexibility index (Phi) is 6.13. The average molecular weight is 453 g/mol. The van der Waals surface area contributed by atoms with E-state index < -0.39 is 0 Å². The Morgan fingerprint density at radius 3 is 2.27 bits per heavy atom. The second-order valence-electron chi connectivity index (χ2n) is 7.84. The van der Waals surface area contributed by atoms with Crippen LogP contribution in [0.4, 0.5) is 0 Å². The van der Waals surface area contributed by atoms with Crippen LogP contribution < -0.4 is 29.8 Å². The predicted molar refractivity (Wildman–Crippen MR) is 123 cm³/mol. The number of rotatable bonds is 7. The van der Waals surface area contributed by atoms with Crippen LogP contribution >= 0.6 is 0 Å². The molecule has 1 aromatic heterocycles. The molecule has 174 valence electrons. The third-order valence-corrected chi connectivity index (χ3v) is 6.01. The zero-order chi connectivity index (χ0) is 23.7.